The van der Waals surface area contributed by atoms with Crippen LogP contribution >= 0.6 is 0 Å². The van der Waals surface area contributed by atoms with Crippen molar-refractivity contribution in [3.05, 3.63) is 71.8 Å². The first kappa shape index (κ1) is 19.2. The summed E-state index contributed by atoms with van der Waals surface area (Å²) in [6.07, 6.45) is -1.07. The van der Waals surface area contributed by atoms with E-state index in [1.807, 2.05) is 37.3 Å². The lowest BCUT2D eigenvalue weighted by atomic mass is 9.98. The van der Waals surface area contributed by atoms with Crippen LogP contribution in [0.1, 0.15) is 36.5 Å². The fourth-order valence-corrected chi connectivity index (χ4v) is 2.47. The molecular formula is C20H22N2O4. The molecule has 6 heteroatoms. The maximum atomic E-state index is 12.4. The highest BCUT2D eigenvalue weighted by atomic mass is 16.5. The first-order valence-corrected chi connectivity index (χ1v) is 8.33. The molecule has 2 aromatic rings. The first-order valence-electron chi connectivity index (χ1n) is 8.33. The molecule has 0 fully saturated rings. The maximum absolute atomic E-state index is 12.4. The second-order valence-corrected chi connectivity index (χ2v) is 5.86. The van der Waals surface area contributed by atoms with E-state index in [1.165, 1.54) is 7.05 Å². The van der Waals surface area contributed by atoms with Crippen LogP contribution in [0.4, 0.5) is 4.79 Å². The van der Waals surface area contributed by atoms with Crippen molar-refractivity contribution in [1.29, 1.82) is 0 Å². The number of carbonyl (C=O) groups excluding carboxylic acids is 3. The summed E-state index contributed by atoms with van der Waals surface area (Å²) < 4.78 is 5.40. The van der Waals surface area contributed by atoms with E-state index >= 15 is 0 Å². The van der Waals surface area contributed by atoms with Crippen molar-refractivity contribution < 1.29 is 19.1 Å². The minimum Gasteiger partial charge on any atom is -0.447 e. The molecule has 136 valence electrons. The lowest BCUT2D eigenvalue weighted by Crippen LogP contribution is -2.41. The number of benzene rings is 2. The van der Waals surface area contributed by atoms with E-state index in [4.69, 9.17) is 4.74 Å². The summed E-state index contributed by atoms with van der Waals surface area (Å²) in [6, 6.07) is 17.5. The number of esters is 1. The lowest BCUT2D eigenvalue weighted by Gasteiger charge is -2.19. The summed E-state index contributed by atoms with van der Waals surface area (Å²) in [6.45, 7) is 1.92. The number of ether oxygens (including phenoxy) is 1. The Balaban J connectivity index is 2.09. The van der Waals surface area contributed by atoms with Gasteiger partial charge in [0, 0.05) is 12.6 Å². The van der Waals surface area contributed by atoms with Crippen LogP contribution in [0, 0.1) is 0 Å². The average Bonchev–Trinajstić information content (AvgIpc) is 2.67. The molecule has 3 amide bonds. The van der Waals surface area contributed by atoms with Gasteiger partial charge in [0.1, 0.15) is 0 Å². The van der Waals surface area contributed by atoms with Crippen LogP contribution in [0.25, 0.3) is 0 Å². The van der Waals surface area contributed by atoms with Gasteiger partial charge in [-0.05, 0) is 11.5 Å². The Kier molecular flexibility index (Phi) is 6.91. The fraction of sp³-hybridized carbons (Fsp3) is 0.250. The molecule has 0 bridgehead atoms. The Bertz CT molecular complexity index is 747. The molecule has 0 saturated heterocycles. The number of urea groups is 1. The van der Waals surface area contributed by atoms with Gasteiger partial charge in [-0.1, -0.05) is 67.6 Å². The van der Waals surface area contributed by atoms with E-state index in [0.29, 0.717) is 5.56 Å². The van der Waals surface area contributed by atoms with Gasteiger partial charge >= 0.3 is 12.0 Å². The van der Waals surface area contributed by atoms with Gasteiger partial charge < -0.3 is 10.1 Å². The van der Waals surface area contributed by atoms with Gasteiger partial charge in [-0.3, -0.25) is 14.9 Å². The van der Waals surface area contributed by atoms with E-state index in [9.17, 15) is 14.4 Å². The molecule has 0 aromatic heterocycles. The topological polar surface area (TPSA) is 84.5 Å². The number of hydrogen-bond acceptors (Lipinski definition) is 4. The van der Waals surface area contributed by atoms with E-state index in [2.05, 4.69) is 10.6 Å². The van der Waals surface area contributed by atoms with E-state index < -0.39 is 24.0 Å². The number of amides is 3. The predicted octanol–water partition coefficient (Wildman–Crippen LogP) is 2.92. The summed E-state index contributed by atoms with van der Waals surface area (Å²) in [5.41, 5.74) is 1.50. The van der Waals surface area contributed by atoms with Crippen molar-refractivity contribution in [2.24, 2.45) is 0 Å². The number of rotatable bonds is 6. The third-order valence-corrected chi connectivity index (χ3v) is 3.90. The quantitative estimate of drug-likeness (QED) is 0.781. The molecule has 0 saturated carbocycles. The van der Waals surface area contributed by atoms with Gasteiger partial charge in [-0.2, -0.15) is 0 Å². The Morgan fingerprint density at radius 2 is 1.46 bits per heavy atom. The second-order valence-electron chi connectivity index (χ2n) is 5.86. The minimum absolute atomic E-state index is 0.0536. The Morgan fingerprint density at radius 1 is 0.923 bits per heavy atom. The third kappa shape index (κ3) is 5.44. The van der Waals surface area contributed by atoms with Crippen molar-refractivity contribution in [2.45, 2.75) is 25.4 Å². The molecule has 2 aromatic carbocycles. The third-order valence-electron chi connectivity index (χ3n) is 3.90. The van der Waals surface area contributed by atoms with Crippen LogP contribution in [-0.4, -0.2) is 25.0 Å². The Morgan fingerprint density at radius 3 is 2.00 bits per heavy atom. The summed E-state index contributed by atoms with van der Waals surface area (Å²) in [5, 5.41) is 4.45. The Labute approximate surface area is 152 Å². The normalized spacial score (nSPS) is 12.5. The highest BCUT2D eigenvalue weighted by Crippen LogP contribution is 2.23. The zero-order chi connectivity index (χ0) is 18.9. The largest absolute Gasteiger partial charge is 0.447 e. The number of nitrogens with one attached hydrogen (secondary N) is 2. The van der Waals surface area contributed by atoms with Crippen LogP contribution in [0.2, 0.25) is 0 Å². The van der Waals surface area contributed by atoms with Crippen LogP contribution < -0.4 is 10.6 Å². The minimum atomic E-state index is -1.19. The van der Waals surface area contributed by atoms with Crippen molar-refractivity contribution in [1.82, 2.24) is 10.6 Å². The van der Waals surface area contributed by atoms with Crippen molar-refractivity contribution in [3.63, 3.8) is 0 Å². The summed E-state index contributed by atoms with van der Waals surface area (Å²) >= 11 is 0. The molecule has 2 unspecified atom stereocenters. The second kappa shape index (κ2) is 9.36. The molecule has 0 spiro atoms. The molecule has 2 rings (SSSR count). The van der Waals surface area contributed by atoms with Gasteiger partial charge in [0.2, 0.25) is 6.10 Å². The molecule has 0 aliphatic carbocycles. The van der Waals surface area contributed by atoms with Gasteiger partial charge in [-0.25, -0.2) is 4.79 Å². The molecule has 2 atom stereocenters. The molecule has 26 heavy (non-hydrogen) atoms. The molecule has 0 heterocycles. The summed E-state index contributed by atoms with van der Waals surface area (Å²) in [5.74, 6) is -1.26. The lowest BCUT2D eigenvalue weighted by molar-refractivity contribution is -0.156. The number of hydrogen-bond donors (Lipinski definition) is 2. The standard InChI is InChI=1S/C20H22N2O4/c1-14(15-9-5-3-6-10-15)13-17(23)26-18(16-11-7-4-8-12-16)19(24)22-20(25)21-2/h3-12,14,18H,13H2,1-2H3,(H2,21,22,24,25). The summed E-state index contributed by atoms with van der Waals surface area (Å²) in [4.78, 5) is 36.1. The maximum Gasteiger partial charge on any atom is 0.321 e. The SMILES string of the molecule is CNC(=O)NC(=O)C(OC(=O)CC(C)c1ccccc1)c1ccccc1. The molecular weight excluding hydrogens is 332 g/mol. The van der Waals surface area contributed by atoms with E-state index in [0.717, 1.165) is 5.56 Å². The average molecular weight is 354 g/mol. The molecule has 0 aliphatic heterocycles. The van der Waals surface area contributed by atoms with Gasteiger partial charge in [0.25, 0.3) is 5.91 Å². The number of carbonyl (C=O) groups is 3. The predicted molar refractivity (Wildman–Crippen MR) is 97.3 cm³/mol. The van der Waals surface area contributed by atoms with Crippen molar-refractivity contribution in [3.8, 4) is 0 Å². The highest BCUT2D eigenvalue weighted by molar-refractivity contribution is 5.97. The molecule has 0 radical (unpaired) electrons. The fourth-order valence-electron chi connectivity index (χ4n) is 2.47. The highest BCUT2D eigenvalue weighted by Gasteiger charge is 2.27. The van der Waals surface area contributed by atoms with E-state index in [1.54, 1.807) is 30.3 Å². The molecule has 6 nitrogen and oxygen atoms in total. The van der Waals surface area contributed by atoms with Crippen LogP contribution in [-0.2, 0) is 14.3 Å². The smallest absolute Gasteiger partial charge is 0.321 e. The molecule has 2 N–H and O–H groups in total. The van der Waals surface area contributed by atoms with Gasteiger partial charge in [0.05, 0.1) is 6.42 Å². The van der Waals surface area contributed by atoms with Crippen LogP contribution in [0.15, 0.2) is 60.7 Å². The van der Waals surface area contributed by atoms with Gasteiger partial charge in [0.15, 0.2) is 0 Å². The molecule has 0 aliphatic rings. The zero-order valence-electron chi connectivity index (χ0n) is 14.8. The monoisotopic (exact) mass is 354 g/mol. The van der Waals surface area contributed by atoms with E-state index in [-0.39, 0.29) is 12.3 Å². The van der Waals surface area contributed by atoms with Crippen LogP contribution in [0.5, 0.6) is 0 Å². The Hall–Kier alpha value is -3.15. The zero-order valence-corrected chi connectivity index (χ0v) is 14.8. The number of imide groups is 1. The van der Waals surface area contributed by atoms with Gasteiger partial charge in [-0.15, -0.1) is 0 Å². The summed E-state index contributed by atoms with van der Waals surface area (Å²) in [7, 11) is 1.40. The van der Waals surface area contributed by atoms with Crippen LogP contribution in [0.3, 0.4) is 0 Å². The van der Waals surface area contributed by atoms with Crippen molar-refractivity contribution >= 4 is 17.9 Å². The van der Waals surface area contributed by atoms with Crippen molar-refractivity contribution in [2.75, 3.05) is 7.05 Å². The first-order chi connectivity index (χ1) is 12.5.